The zero-order chi connectivity index (χ0) is 22.6. The lowest BCUT2D eigenvalue weighted by Crippen LogP contribution is -2.18. The Morgan fingerprint density at radius 2 is 1.33 bits per heavy atom. The summed E-state index contributed by atoms with van der Waals surface area (Å²) in [4.78, 5) is 2.12. The number of nitrogens with zero attached hydrogens (tertiary/aromatic N) is 3. The average molecular weight is 434 g/mol. The Hall–Kier alpha value is -4.05. The molecule has 4 aromatic carbocycles. The van der Waals surface area contributed by atoms with Crippen molar-refractivity contribution >= 4 is 17.1 Å². The molecule has 0 amide bonds. The van der Waals surface area contributed by atoms with Gasteiger partial charge in [0.05, 0.1) is 17.4 Å². The molecule has 5 rings (SSSR count). The monoisotopic (exact) mass is 433 g/mol. The van der Waals surface area contributed by atoms with Crippen LogP contribution < -0.4 is 14.6 Å². The van der Waals surface area contributed by atoms with Gasteiger partial charge in [-0.25, -0.2) is 0 Å². The zero-order valence-corrected chi connectivity index (χ0v) is 18.9. The van der Waals surface area contributed by atoms with Gasteiger partial charge >= 0.3 is 0 Å². The molecule has 4 nitrogen and oxygen atoms in total. The number of hydrogen-bond acceptors (Lipinski definition) is 4. The number of ether oxygens (including phenoxy) is 1. The number of anilines is 2. The van der Waals surface area contributed by atoms with Gasteiger partial charge in [-0.3, -0.25) is 5.01 Å². The highest BCUT2D eigenvalue weighted by molar-refractivity contribution is 6.03. The smallest absolute Gasteiger partial charge is 0.127 e. The molecule has 1 atom stereocenters. The van der Waals surface area contributed by atoms with E-state index in [1.165, 1.54) is 11.3 Å². The van der Waals surface area contributed by atoms with Gasteiger partial charge in [0.2, 0.25) is 0 Å². The summed E-state index contributed by atoms with van der Waals surface area (Å²) in [5.74, 6) is 1.65. The van der Waals surface area contributed by atoms with E-state index in [1.807, 2.05) is 48.5 Å². The standard InChI is InChI=1S/C29H27N3O/c1-31(2)24-17-13-23(14-18-24)29-21-28(30-32(29)25-9-5-3-6-10-25)22-15-19-27(20-16-22)33-26-11-7-4-8-12-26/h3-20,29H,21H2,1-2H3/t29-/m1/s1. The third-order valence-electron chi connectivity index (χ3n) is 5.89. The lowest BCUT2D eigenvalue weighted by Gasteiger charge is -2.24. The lowest BCUT2D eigenvalue weighted by atomic mass is 9.98. The first-order valence-electron chi connectivity index (χ1n) is 11.2. The van der Waals surface area contributed by atoms with E-state index < -0.39 is 0 Å². The number of hydrogen-bond donors (Lipinski definition) is 0. The van der Waals surface area contributed by atoms with Crippen LogP contribution in [0.1, 0.15) is 23.6 Å². The number of rotatable bonds is 6. The van der Waals surface area contributed by atoms with Crippen LogP contribution in [0.5, 0.6) is 11.5 Å². The molecule has 0 aromatic heterocycles. The summed E-state index contributed by atoms with van der Waals surface area (Å²) in [5, 5.41) is 7.20. The summed E-state index contributed by atoms with van der Waals surface area (Å²) >= 11 is 0. The number of benzene rings is 4. The first-order chi connectivity index (χ1) is 16.2. The van der Waals surface area contributed by atoms with Crippen molar-refractivity contribution in [2.75, 3.05) is 24.0 Å². The van der Waals surface area contributed by atoms with E-state index in [1.54, 1.807) is 0 Å². The summed E-state index contributed by atoms with van der Waals surface area (Å²) in [7, 11) is 4.13. The molecule has 0 spiro atoms. The third kappa shape index (κ3) is 4.60. The zero-order valence-electron chi connectivity index (χ0n) is 18.9. The van der Waals surface area contributed by atoms with Crippen LogP contribution in [0.15, 0.2) is 114 Å². The highest BCUT2D eigenvalue weighted by Crippen LogP contribution is 2.37. The molecular weight excluding hydrogens is 406 g/mol. The van der Waals surface area contributed by atoms with E-state index >= 15 is 0 Å². The quantitative estimate of drug-likeness (QED) is 0.331. The molecule has 0 N–H and O–H groups in total. The van der Waals surface area contributed by atoms with E-state index in [4.69, 9.17) is 9.84 Å². The van der Waals surface area contributed by atoms with Gasteiger partial charge < -0.3 is 9.64 Å². The van der Waals surface area contributed by atoms with Gasteiger partial charge in [-0.15, -0.1) is 0 Å². The minimum absolute atomic E-state index is 0.152. The third-order valence-corrected chi connectivity index (χ3v) is 5.89. The molecule has 0 saturated heterocycles. The second-order valence-corrected chi connectivity index (χ2v) is 8.37. The van der Waals surface area contributed by atoms with E-state index in [-0.39, 0.29) is 6.04 Å². The molecule has 1 aliphatic heterocycles. The molecule has 0 unspecified atom stereocenters. The highest BCUT2D eigenvalue weighted by atomic mass is 16.5. The van der Waals surface area contributed by atoms with Crippen molar-refractivity contribution in [1.29, 1.82) is 0 Å². The van der Waals surface area contributed by atoms with Crippen molar-refractivity contribution in [3.63, 3.8) is 0 Å². The van der Waals surface area contributed by atoms with Crippen molar-refractivity contribution in [3.05, 3.63) is 120 Å². The molecule has 4 aromatic rings. The Labute approximate surface area is 195 Å². The molecule has 164 valence electrons. The summed E-state index contributed by atoms with van der Waals surface area (Å²) in [6.45, 7) is 0. The Bertz CT molecular complexity index is 1220. The van der Waals surface area contributed by atoms with Crippen molar-refractivity contribution in [3.8, 4) is 11.5 Å². The van der Waals surface area contributed by atoms with Gasteiger partial charge in [-0.2, -0.15) is 5.10 Å². The Morgan fingerprint density at radius 3 is 1.97 bits per heavy atom. The highest BCUT2D eigenvalue weighted by Gasteiger charge is 2.29. The van der Waals surface area contributed by atoms with E-state index in [2.05, 4.69) is 84.7 Å². The van der Waals surface area contributed by atoms with Crippen LogP contribution in [0.25, 0.3) is 0 Å². The summed E-state index contributed by atoms with van der Waals surface area (Å²) in [6, 6.07) is 37.4. The van der Waals surface area contributed by atoms with Crippen LogP contribution in [0, 0.1) is 0 Å². The molecule has 0 fully saturated rings. The Morgan fingerprint density at radius 1 is 0.727 bits per heavy atom. The van der Waals surface area contributed by atoms with E-state index in [0.29, 0.717) is 0 Å². The Kier molecular flexibility index (Phi) is 5.81. The van der Waals surface area contributed by atoms with Gasteiger partial charge in [-0.1, -0.05) is 48.5 Å². The lowest BCUT2D eigenvalue weighted by molar-refractivity contribution is 0.482. The SMILES string of the molecule is CN(C)c1ccc([C@H]2CC(c3ccc(Oc4ccccc4)cc3)=NN2c2ccccc2)cc1. The van der Waals surface area contributed by atoms with Gasteiger partial charge in [0.25, 0.3) is 0 Å². The summed E-state index contributed by atoms with van der Waals surface area (Å²) < 4.78 is 5.95. The van der Waals surface area contributed by atoms with Crippen molar-refractivity contribution in [1.82, 2.24) is 0 Å². The molecule has 0 radical (unpaired) electrons. The van der Waals surface area contributed by atoms with Gasteiger partial charge in [0, 0.05) is 26.2 Å². The molecule has 1 heterocycles. The van der Waals surface area contributed by atoms with Crippen LogP contribution in [0.4, 0.5) is 11.4 Å². The molecule has 33 heavy (non-hydrogen) atoms. The summed E-state index contributed by atoms with van der Waals surface area (Å²) in [5.41, 5.74) is 5.74. The van der Waals surface area contributed by atoms with Gasteiger partial charge in [0.1, 0.15) is 11.5 Å². The minimum atomic E-state index is 0.152. The first-order valence-corrected chi connectivity index (χ1v) is 11.2. The van der Waals surface area contributed by atoms with Crippen molar-refractivity contribution < 1.29 is 4.74 Å². The maximum atomic E-state index is 5.95. The normalized spacial score (nSPS) is 15.3. The predicted octanol–water partition coefficient (Wildman–Crippen LogP) is 6.90. The molecule has 0 bridgehead atoms. The van der Waals surface area contributed by atoms with Crippen LogP contribution in [0.3, 0.4) is 0 Å². The maximum Gasteiger partial charge on any atom is 0.127 e. The van der Waals surface area contributed by atoms with Crippen LogP contribution in [-0.4, -0.2) is 19.8 Å². The summed E-state index contributed by atoms with van der Waals surface area (Å²) in [6.07, 6.45) is 0.842. The molecule has 0 aliphatic carbocycles. The molecule has 0 saturated carbocycles. The fourth-order valence-electron chi connectivity index (χ4n) is 4.10. The average Bonchev–Trinajstić information content (AvgIpc) is 3.31. The van der Waals surface area contributed by atoms with Crippen molar-refractivity contribution in [2.45, 2.75) is 12.5 Å². The molecule has 1 aliphatic rings. The van der Waals surface area contributed by atoms with Gasteiger partial charge in [0.15, 0.2) is 0 Å². The predicted molar refractivity (Wildman–Crippen MR) is 137 cm³/mol. The topological polar surface area (TPSA) is 28.1 Å². The van der Waals surface area contributed by atoms with Crippen LogP contribution in [-0.2, 0) is 0 Å². The number of para-hydroxylation sites is 2. The fraction of sp³-hybridized carbons (Fsp3) is 0.138. The number of hydrazone groups is 1. The van der Waals surface area contributed by atoms with Gasteiger partial charge in [-0.05, 0) is 71.8 Å². The van der Waals surface area contributed by atoms with Crippen LogP contribution in [0.2, 0.25) is 0 Å². The van der Waals surface area contributed by atoms with Crippen LogP contribution >= 0.6 is 0 Å². The fourth-order valence-corrected chi connectivity index (χ4v) is 4.10. The van der Waals surface area contributed by atoms with E-state index in [9.17, 15) is 0 Å². The largest absolute Gasteiger partial charge is 0.457 e. The maximum absolute atomic E-state index is 5.95. The molecule has 4 heteroatoms. The second kappa shape index (κ2) is 9.21. The second-order valence-electron chi connectivity index (χ2n) is 8.37. The Balaban J connectivity index is 1.42. The molecular formula is C29H27N3O. The van der Waals surface area contributed by atoms with E-state index in [0.717, 1.165) is 34.9 Å². The minimum Gasteiger partial charge on any atom is -0.457 e. The van der Waals surface area contributed by atoms with Crippen molar-refractivity contribution in [2.24, 2.45) is 5.10 Å². The first kappa shape index (κ1) is 20.8.